The lowest BCUT2D eigenvalue weighted by molar-refractivity contribution is 0.244. The zero-order valence-corrected chi connectivity index (χ0v) is 11.9. The topological polar surface area (TPSA) is 50.5 Å². The van der Waals surface area contributed by atoms with Gasteiger partial charge in [0.1, 0.15) is 5.75 Å². The van der Waals surface area contributed by atoms with Crippen LogP contribution < -0.4 is 20.7 Å². The van der Waals surface area contributed by atoms with E-state index in [9.17, 15) is 0 Å². The van der Waals surface area contributed by atoms with Gasteiger partial charge < -0.3 is 20.7 Å². The minimum absolute atomic E-state index is 0.136. The third-order valence-corrected chi connectivity index (χ3v) is 2.74. The van der Waals surface area contributed by atoms with Gasteiger partial charge >= 0.3 is 0 Å². The van der Waals surface area contributed by atoms with Gasteiger partial charge in [0.25, 0.3) is 0 Å². The summed E-state index contributed by atoms with van der Waals surface area (Å²) in [6.45, 7) is 5.98. The van der Waals surface area contributed by atoms with Crippen LogP contribution in [0, 0.1) is 0 Å². The second-order valence-electron chi connectivity index (χ2n) is 4.73. The molecule has 4 nitrogen and oxygen atoms in total. The highest BCUT2D eigenvalue weighted by Crippen LogP contribution is 2.32. The van der Waals surface area contributed by atoms with E-state index in [1.807, 2.05) is 39.1 Å². The first-order valence-electron chi connectivity index (χ1n) is 6.47. The molecule has 102 valence electrons. The third kappa shape index (κ3) is 4.11. The number of rotatable bonds is 7. The average molecular weight is 251 g/mol. The third-order valence-electron chi connectivity index (χ3n) is 2.74. The maximum Gasteiger partial charge on any atom is 0.144 e. The Morgan fingerprint density at radius 2 is 2.11 bits per heavy atom. The average Bonchev–Trinajstić information content (AvgIpc) is 2.31. The van der Waals surface area contributed by atoms with Gasteiger partial charge in [-0.05, 0) is 46.0 Å². The number of nitrogens with two attached hydrogens (primary N) is 1. The molecule has 0 fully saturated rings. The molecule has 4 heteroatoms. The molecule has 0 amide bonds. The molecule has 0 aliphatic rings. The molecule has 0 aromatic heterocycles. The first-order chi connectivity index (χ1) is 8.56. The van der Waals surface area contributed by atoms with E-state index >= 15 is 0 Å². The van der Waals surface area contributed by atoms with Crippen molar-refractivity contribution in [3.05, 3.63) is 18.2 Å². The van der Waals surface area contributed by atoms with Gasteiger partial charge in [-0.25, -0.2) is 0 Å². The normalized spacial score (nSPS) is 10.7. The number of para-hydroxylation sites is 1. The summed E-state index contributed by atoms with van der Waals surface area (Å²) in [5.74, 6) is 0.767. The van der Waals surface area contributed by atoms with Crippen LogP contribution in [-0.4, -0.2) is 33.3 Å². The first-order valence-corrected chi connectivity index (χ1v) is 6.47. The van der Waals surface area contributed by atoms with Crippen LogP contribution >= 0.6 is 0 Å². The van der Waals surface area contributed by atoms with E-state index in [1.165, 1.54) is 0 Å². The molecule has 0 bridgehead atoms. The van der Waals surface area contributed by atoms with Crippen LogP contribution in [0.15, 0.2) is 18.2 Å². The Bertz CT molecular complexity index is 366. The van der Waals surface area contributed by atoms with Gasteiger partial charge in [-0.1, -0.05) is 6.07 Å². The fourth-order valence-corrected chi connectivity index (χ4v) is 1.84. The van der Waals surface area contributed by atoms with Crippen molar-refractivity contribution in [2.24, 2.45) is 0 Å². The minimum Gasteiger partial charge on any atom is -0.489 e. The maximum absolute atomic E-state index is 6.15. The Morgan fingerprint density at radius 3 is 2.72 bits per heavy atom. The number of nitrogen functional groups attached to an aromatic ring is 1. The number of ether oxygens (including phenoxy) is 1. The summed E-state index contributed by atoms with van der Waals surface area (Å²) >= 11 is 0. The van der Waals surface area contributed by atoms with Gasteiger partial charge in [0, 0.05) is 13.6 Å². The molecule has 0 aliphatic carbocycles. The molecule has 0 aliphatic heterocycles. The predicted octanol–water partition coefficient (Wildman–Crippen LogP) is 2.10. The number of hydrogen-bond acceptors (Lipinski definition) is 4. The Hall–Kier alpha value is -1.42. The van der Waals surface area contributed by atoms with E-state index in [1.54, 1.807) is 0 Å². The van der Waals surface area contributed by atoms with Crippen molar-refractivity contribution in [3.8, 4) is 5.75 Å². The Balaban J connectivity index is 2.75. The van der Waals surface area contributed by atoms with Crippen LogP contribution in [0.3, 0.4) is 0 Å². The molecular formula is C14H25N3O. The number of benzene rings is 1. The molecule has 18 heavy (non-hydrogen) atoms. The fourth-order valence-electron chi connectivity index (χ4n) is 1.84. The van der Waals surface area contributed by atoms with Crippen LogP contribution in [-0.2, 0) is 0 Å². The number of nitrogens with zero attached hydrogens (tertiary/aromatic N) is 1. The van der Waals surface area contributed by atoms with Crippen LogP contribution in [0.25, 0.3) is 0 Å². The van der Waals surface area contributed by atoms with Gasteiger partial charge in [0.2, 0.25) is 0 Å². The van der Waals surface area contributed by atoms with Gasteiger partial charge in [-0.2, -0.15) is 0 Å². The lowest BCUT2D eigenvalue weighted by Crippen LogP contribution is -2.23. The number of hydrogen-bond donors (Lipinski definition) is 2. The Morgan fingerprint density at radius 1 is 1.39 bits per heavy atom. The lowest BCUT2D eigenvalue weighted by atomic mass is 10.2. The van der Waals surface area contributed by atoms with Gasteiger partial charge in [0.05, 0.1) is 17.5 Å². The van der Waals surface area contributed by atoms with Crippen LogP contribution in [0.4, 0.5) is 11.4 Å². The highest BCUT2D eigenvalue weighted by atomic mass is 16.5. The molecule has 0 atom stereocenters. The summed E-state index contributed by atoms with van der Waals surface area (Å²) in [4.78, 5) is 2.17. The highest BCUT2D eigenvalue weighted by Gasteiger charge is 2.10. The molecular weight excluding hydrogens is 226 g/mol. The van der Waals surface area contributed by atoms with E-state index in [0.29, 0.717) is 0 Å². The fraction of sp³-hybridized carbons (Fsp3) is 0.571. The predicted molar refractivity (Wildman–Crippen MR) is 78.4 cm³/mol. The standard InChI is InChI=1S/C14H25N3O/c1-11(2)18-13-8-5-7-12(14(13)15)17(4)10-6-9-16-3/h5,7-8,11,16H,6,9-10,15H2,1-4H3. The smallest absolute Gasteiger partial charge is 0.144 e. The monoisotopic (exact) mass is 251 g/mol. The molecule has 0 saturated heterocycles. The van der Waals surface area contributed by atoms with Gasteiger partial charge in [-0.3, -0.25) is 0 Å². The molecule has 1 aromatic carbocycles. The summed E-state index contributed by atoms with van der Waals surface area (Å²) < 4.78 is 5.70. The van der Waals surface area contributed by atoms with Crippen molar-refractivity contribution in [3.63, 3.8) is 0 Å². The molecule has 0 saturated carbocycles. The number of anilines is 2. The highest BCUT2D eigenvalue weighted by molar-refractivity contribution is 5.73. The molecule has 3 N–H and O–H groups in total. The van der Waals surface area contributed by atoms with Crippen LogP contribution in [0.5, 0.6) is 5.75 Å². The van der Waals surface area contributed by atoms with E-state index in [0.717, 1.165) is 36.6 Å². The molecule has 0 radical (unpaired) electrons. The summed E-state index contributed by atoms with van der Waals surface area (Å²) in [7, 11) is 4.02. The number of nitrogens with one attached hydrogen (secondary N) is 1. The van der Waals surface area contributed by atoms with Crippen molar-refractivity contribution in [2.75, 3.05) is 37.8 Å². The summed E-state index contributed by atoms with van der Waals surface area (Å²) in [6, 6.07) is 5.93. The van der Waals surface area contributed by atoms with Crippen molar-refractivity contribution < 1.29 is 4.74 Å². The van der Waals surface area contributed by atoms with Crippen molar-refractivity contribution in [1.82, 2.24) is 5.32 Å². The molecule has 0 heterocycles. The SMILES string of the molecule is CNCCCN(C)c1cccc(OC(C)C)c1N. The van der Waals surface area contributed by atoms with Crippen LogP contribution in [0.1, 0.15) is 20.3 Å². The first kappa shape index (κ1) is 14.6. The van der Waals surface area contributed by atoms with Crippen LogP contribution in [0.2, 0.25) is 0 Å². The lowest BCUT2D eigenvalue weighted by Gasteiger charge is -2.23. The molecule has 0 spiro atoms. The zero-order chi connectivity index (χ0) is 13.5. The second kappa shape index (κ2) is 7.11. The Kier molecular flexibility index (Phi) is 5.78. The van der Waals surface area contributed by atoms with E-state index in [2.05, 4.69) is 17.3 Å². The van der Waals surface area contributed by atoms with E-state index < -0.39 is 0 Å². The summed E-state index contributed by atoms with van der Waals surface area (Å²) in [5, 5.41) is 3.14. The van der Waals surface area contributed by atoms with E-state index in [4.69, 9.17) is 10.5 Å². The summed E-state index contributed by atoms with van der Waals surface area (Å²) in [6.07, 6.45) is 1.22. The quantitative estimate of drug-likeness (QED) is 0.575. The van der Waals surface area contributed by atoms with Crippen molar-refractivity contribution in [2.45, 2.75) is 26.4 Å². The zero-order valence-electron chi connectivity index (χ0n) is 11.9. The summed E-state index contributed by atoms with van der Waals surface area (Å²) in [5.41, 5.74) is 7.91. The van der Waals surface area contributed by atoms with Gasteiger partial charge in [0.15, 0.2) is 0 Å². The molecule has 1 rings (SSSR count). The largest absolute Gasteiger partial charge is 0.489 e. The minimum atomic E-state index is 0.136. The molecule has 1 aromatic rings. The van der Waals surface area contributed by atoms with Gasteiger partial charge in [-0.15, -0.1) is 0 Å². The second-order valence-corrected chi connectivity index (χ2v) is 4.73. The van der Waals surface area contributed by atoms with Crippen molar-refractivity contribution in [1.29, 1.82) is 0 Å². The van der Waals surface area contributed by atoms with E-state index in [-0.39, 0.29) is 6.10 Å². The maximum atomic E-state index is 6.15. The Labute approximate surface area is 110 Å². The molecule has 0 unspecified atom stereocenters. The van der Waals surface area contributed by atoms with Crippen molar-refractivity contribution >= 4 is 11.4 Å².